The first-order chi connectivity index (χ1) is 16.2. The van der Waals surface area contributed by atoms with Crippen molar-refractivity contribution in [1.82, 2.24) is 29.7 Å². The number of fused-ring (bicyclic) bond motifs is 1. The Hall–Kier alpha value is -3.58. The van der Waals surface area contributed by atoms with Crippen molar-refractivity contribution >= 4 is 16.8 Å². The van der Waals surface area contributed by atoms with Gasteiger partial charge in [0.1, 0.15) is 0 Å². The lowest BCUT2D eigenvalue weighted by atomic mass is 10.0. The van der Waals surface area contributed by atoms with Crippen LogP contribution in [0.15, 0.2) is 67.3 Å². The molecular formula is C26H28N6O. The molecule has 5 rings (SSSR count). The van der Waals surface area contributed by atoms with Crippen LogP contribution >= 0.6 is 0 Å². The number of nitrogens with zero attached hydrogens (tertiary/aromatic N) is 5. The lowest BCUT2D eigenvalue weighted by molar-refractivity contribution is 0.0924. The minimum atomic E-state index is -0.0954. The van der Waals surface area contributed by atoms with Crippen LogP contribution in [0.4, 0.5) is 0 Å². The Morgan fingerprint density at radius 1 is 0.970 bits per heavy atom. The zero-order valence-electron chi connectivity index (χ0n) is 18.8. The molecule has 0 radical (unpaired) electrons. The van der Waals surface area contributed by atoms with Crippen LogP contribution in [-0.2, 0) is 0 Å². The van der Waals surface area contributed by atoms with E-state index in [0.717, 1.165) is 35.2 Å². The fraction of sp³-hybridized carbons (Fsp3) is 0.308. The van der Waals surface area contributed by atoms with E-state index >= 15 is 0 Å². The minimum Gasteiger partial charge on any atom is -0.350 e. The summed E-state index contributed by atoms with van der Waals surface area (Å²) in [6, 6.07) is 13.9. The van der Waals surface area contributed by atoms with Gasteiger partial charge in [0, 0.05) is 36.7 Å². The molecule has 1 fully saturated rings. The first-order valence-electron chi connectivity index (χ1n) is 11.5. The largest absolute Gasteiger partial charge is 0.350 e. The van der Waals surface area contributed by atoms with Crippen LogP contribution in [0.3, 0.4) is 0 Å². The summed E-state index contributed by atoms with van der Waals surface area (Å²) in [6.07, 6.45) is 10.7. The third-order valence-corrected chi connectivity index (χ3v) is 6.37. The molecule has 3 aromatic heterocycles. The molecule has 1 aromatic carbocycles. The van der Waals surface area contributed by atoms with E-state index in [2.05, 4.69) is 25.2 Å². The molecule has 1 aliphatic rings. The van der Waals surface area contributed by atoms with Crippen LogP contribution in [0.5, 0.6) is 0 Å². The van der Waals surface area contributed by atoms with Crippen LogP contribution in [0.2, 0.25) is 0 Å². The van der Waals surface area contributed by atoms with Crippen LogP contribution in [0, 0.1) is 6.92 Å². The van der Waals surface area contributed by atoms with E-state index in [9.17, 15) is 4.79 Å². The van der Waals surface area contributed by atoms with Crippen molar-refractivity contribution < 1.29 is 4.79 Å². The number of nitrogens with one attached hydrogen (secondary N) is 1. The molecule has 1 atom stereocenters. The molecule has 1 amide bonds. The van der Waals surface area contributed by atoms with Gasteiger partial charge in [-0.1, -0.05) is 24.6 Å². The number of hydrogen-bond donors (Lipinski definition) is 1. The van der Waals surface area contributed by atoms with E-state index in [4.69, 9.17) is 0 Å². The van der Waals surface area contributed by atoms with E-state index in [0.29, 0.717) is 18.1 Å². The molecule has 1 aliphatic heterocycles. The Bertz CT molecular complexity index is 1230. The average Bonchev–Trinajstić information content (AvgIpc) is 3.27. The highest BCUT2D eigenvalue weighted by Gasteiger charge is 2.25. The lowest BCUT2D eigenvalue weighted by Gasteiger charge is -2.34. The van der Waals surface area contributed by atoms with Gasteiger partial charge in [0.05, 0.1) is 22.8 Å². The van der Waals surface area contributed by atoms with Gasteiger partial charge in [-0.15, -0.1) is 0 Å². The summed E-state index contributed by atoms with van der Waals surface area (Å²) in [5.74, 6) is 0.453. The number of carbonyl (C=O) groups is 1. The predicted molar refractivity (Wildman–Crippen MR) is 128 cm³/mol. The van der Waals surface area contributed by atoms with E-state index in [1.54, 1.807) is 18.5 Å². The molecule has 1 unspecified atom stereocenters. The van der Waals surface area contributed by atoms with Gasteiger partial charge >= 0.3 is 0 Å². The topological polar surface area (TPSA) is 75.9 Å². The highest BCUT2D eigenvalue weighted by Crippen LogP contribution is 2.27. The van der Waals surface area contributed by atoms with Crippen molar-refractivity contribution in [3.8, 4) is 5.95 Å². The number of hydrogen-bond acceptors (Lipinski definition) is 5. The molecule has 0 aliphatic carbocycles. The van der Waals surface area contributed by atoms with Crippen molar-refractivity contribution in [1.29, 1.82) is 0 Å². The van der Waals surface area contributed by atoms with Crippen LogP contribution in [0.25, 0.3) is 16.9 Å². The molecular weight excluding hydrogens is 412 g/mol. The Morgan fingerprint density at radius 2 is 1.76 bits per heavy atom. The first kappa shape index (κ1) is 21.3. The number of piperidine rings is 1. The standard InChI is InChI=1S/C26H28N6O/c1-19-9-7-11-22-24(19)20(18-32(22)26-28-13-8-14-29-26)25(33)30-17-23(21-10-3-4-12-27-21)31-15-5-2-6-16-31/h3-4,7-14,18,23H,2,5-6,15-17H2,1H3,(H,30,33). The number of carbonyl (C=O) groups excluding carboxylic acids is 1. The quantitative estimate of drug-likeness (QED) is 0.489. The van der Waals surface area contributed by atoms with Crippen molar-refractivity contribution in [2.45, 2.75) is 32.2 Å². The Kier molecular flexibility index (Phi) is 6.13. The molecule has 1 saturated heterocycles. The number of amides is 1. The second-order valence-corrected chi connectivity index (χ2v) is 8.51. The summed E-state index contributed by atoms with van der Waals surface area (Å²) in [6.45, 7) is 4.59. The molecule has 0 bridgehead atoms. The van der Waals surface area contributed by atoms with Crippen LogP contribution in [0.1, 0.15) is 46.9 Å². The summed E-state index contributed by atoms with van der Waals surface area (Å²) in [4.78, 5) is 29.3. The molecule has 4 aromatic rings. The predicted octanol–water partition coefficient (Wildman–Crippen LogP) is 4.08. The number of likely N-dealkylation sites (tertiary alicyclic amines) is 1. The van der Waals surface area contributed by atoms with Gasteiger partial charge in [0.25, 0.3) is 5.91 Å². The Balaban J connectivity index is 1.45. The van der Waals surface area contributed by atoms with Gasteiger partial charge in [-0.3, -0.25) is 19.2 Å². The summed E-state index contributed by atoms with van der Waals surface area (Å²) < 4.78 is 1.89. The zero-order valence-corrected chi connectivity index (χ0v) is 18.8. The van der Waals surface area contributed by atoms with Gasteiger partial charge < -0.3 is 5.32 Å². The van der Waals surface area contributed by atoms with Gasteiger partial charge in [0.2, 0.25) is 5.95 Å². The molecule has 0 saturated carbocycles. The molecule has 7 nitrogen and oxygen atoms in total. The van der Waals surface area contributed by atoms with Gasteiger partial charge in [-0.2, -0.15) is 0 Å². The number of aryl methyl sites for hydroxylation is 1. The highest BCUT2D eigenvalue weighted by atomic mass is 16.1. The molecule has 0 spiro atoms. The number of aromatic nitrogens is 4. The average molecular weight is 441 g/mol. The Morgan fingerprint density at radius 3 is 2.52 bits per heavy atom. The minimum absolute atomic E-state index is 0.0577. The first-order valence-corrected chi connectivity index (χ1v) is 11.5. The summed E-state index contributed by atoms with van der Waals surface area (Å²) in [5.41, 5.74) is 3.60. The smallest absolute Gasteiger partial charge is 0.253 e. The molecule has 7 heteroatoms. The molecule has 168 valence electrons. The van der Waals surface area contributed by atoms with Crippen molar-refractivity contribution in [3.05, 3.63) is 84.1 Å². The van der Waals surface area contributed by atoms with Gasteiger partial charge in [0.15, 0.2) is 0 Å². The number of pyridine rings is 1. The normalized spacial score (nSPS) is 15.4. The van der Waals surface area contributed by atoms with E-state index in [-0.39, 0.29) is 11.9 Å². The van der Waals surface area contributed by atoms with Crippen molar-refractivity contribution in [2.24, 2.45) is 0 Å². The third kappa shape index (κ3) is 4.36. The SMILES string of the molecule is Cc1cccc2c1c(C(=O)NCC(c1ccccn1)N1CCCCC1)cn2-c1ncccn1. The summed E-state index contributed by atoms with van der Waals surface area (Å²) in [7, 11) is 0. The summed E-state index contributed by atoms with van der Waals surface area (Å²) in [5, 5.41) is 4.13. The second-order valence-electron chi connectivity index (χ2n) is 8.51. The van der Waals surface area contributed by atoms with E-state index < -0.39 is 0 Å². The number of benzene rings is 1. The van der Waals surface area contributed by atoms with Gasteiger partial charge in [-0.25, -0.2) is 9.97 Å². The zero-order chi connectivity index (χ0) is 22.6. The second kappa shape index (κ2) is 9.50. The maximum Gasteiger partial charge on any atom is 0.253 e. The Labute approximate surface area is 193 Å². The van der Waals surface area contributed by atoms with E-state index in [1.807, 2.05) is 60.3 Å². The van der Waals surface area contributed by atoms with Gasteiger partial charge in [-0.05, 0) is 62.7 Å². The maximum absolute atomic E-state index is 13.5. The summed E-state index contributed by atoms with van der Waals surface area (Å²) >= 11 is 0. The maximum atomic E-state index is 13.5. The monoisotopic (exact) mass is 440 g/mol. The fourth-order valence-electron chi connectivity index (χ4n) is 4.73. The molecule has 33 heavy (non-hydrogen) atoms. The fourth-order valence-corrected chi connectivity index (χ4v) is 4.73. The van der Waals surface area contributed by atoms with Crippen molar-refractivity contribution in [2.75, 3.05) is 19.6 Å². The number of rotatable bonds is 6. The molecule has 4 heterocycles. The lowest BCUT2D eigenvalue weighted by Crippen LogP contribution is -2.41. The van der Waals surface area contributed by atoms with Crippen LogP contribution < -0.4 is 5.32 Å². The van der Waals surface area contributed by atoms with E-state index in [1.165, 1.54) is 19.3 Å². The van der Waals surface area contributed by atoms with Crippen molar-refractivity contribution in [3.63, 3.8) is 0 Å². The molecule has 1 N–H and O–H groups in total. The third-order valence-electron chi connectivity index (χ3n) is 6.37. The van der Waals surface area contributed by atoms with Crippen LogP contribution in [-0.4, -0.2) is 50.0 Å². The highest BCUT2D eigenvalue weighted by molar-refractivity contribution is 6.08.